The highest BCUT2D eigenvalue weighted by Crippen LogP contribution is 2.57. The van der Waals surface area contributed by atoms with E-state index in [1.54, 1.807) is 36.4 Å². The topological polar surface area (TPSA) is 80.8 Å². The molecule has 3 atom stereocenters. The summed E-state index contributed by atoms with van der Waals surface area (Å²) >= 11 is 9.32. The average Bonchev–Trinajstić information content (AvgIpc) is 3.42. The van der Waals surface area contributed by atoms with Crippen molar-refractivity contribution in [3.05, 3.63) is 98.7 Å². The van der Waals surface area contributed by atoms with Crippen molar-refractivity contribution < 1.29 is 28.3 Å². The zero-order valence-electron chi connectivity index (χ0n) is 17.7. The first-order valence-electron chi connectivity index (χ1n) is 10.7. The fraction of sp³-hybridized carbons (Fsp3) is 0.154. The number of Topliss-reactive ketones (excluding diaryl/α,β-unsaturated/α-hetero) is 2. The monoisotopic (exact) mass is 553 g/mol. The van der Waals surface area contributed by atoms with Gasteiger partial charge in [-0.1, -0.05) is 57.9 Å². The van der Waals surface area contributed by atoms with E-state index in [2.05, 4.69) is 15.9 Å². The summed E-state index contributed by atoms with van der Waals surface area (Å²) in [6.07, 6.45) is -1.17. The number of rotatable bonds is 2. The normalized spacial score (nSPS) is 24.4. The van der Waals surface area contributed by atoms with E-state index in [4.69, 9.17) is 16.3 Å². The molecule has 1 spiro atoms. The first-order valence-corrected chi connectivity index (χ1v) is 11.9. The van der Waals surface area contributed by atoms with E-state index in [9.17, 15) is 23.6 Å². The molecule has 3 aliphatic rings. The van der Waals surface area contributed by atoms with Crippen molar-refractivity contribution in [3.63, 3.8) is 0 Å². The molecule has 9 heteroatoms. The van der Waals surface area contributed by atoms with Crippen LogP contribution in [0.2, 0.25) is 5.02 Å². The molecule has 2 saturated heterocycles. The highest BCUT2D eigenvalue weighted by Gasteiger charge is 2.74. The molecule has 0 unspecified atom stereocenters. The molecule has 0 radical (unpaired) electrons. The fourth-order valence-electron chi connectivity index (χ4n) is 5.35. The molecule has 35 heavy (non-hydrogen) atoms. The largest absolute Gasteiger partial charge is 0.349 e. The van der Waals surface area contributed by atoms with E-state index in [0.29, 0.717) is 11.3 Å². The molecule has 2 aliphatic heterocycles. The molecule has 3 aromatic rings. The summed E-state index contributed by atoms with van der Waals surface area (Å²) < 4.78 is 20.8. The Morgan fingerprint density at radius 3 is 2.11 bits per heavy atom. The maximum atomic E-state index is 13.9. The Morgan fingerprint density at radius 1 is 0.886 bits per heavy atom. The quantitative estimate of drug-likeness (QED) is 0.331. The maximum absolute atomic E-state index is 13.9. The van der Waals surface area contributed by atoms with Gasteiger partial charge in [-0.05, 0) is 42.0 Å². The van der Waals surface area contributed by atoms with Gasteiger partial charge >= 0.3 is 0 Å². The van der Waals surface area contributed by atoms with Crippen LogP contribution in [0.5, 0.6) is 0 Å². The second-order valence-electron chi connectivity index (χ2n) is 8.64. The Bertz CT molecular complexity index is 1440. The van der Waals surface area contributed by atoms with Crippen LogP contribution in [0.4, 0.5) is 10.1 Å². The van der Waals surface area contributed by atoms with Gasteiger partial charge in [0.05, 0.1) is 28.6 Å². The number of ketones is 2. The molecule has 0 bridgehead atoms. The molecule has 2 amide bonds. The number of benzene rings is 3. The Balaban J connectivity index is 1.55. The van der Waals surface area contributed by atoms with Crippen LogP contribution in [-0.4, -0.2) is 29.0 Å². The van der Waals surface area contributed by atoms with Crippen LogP contribution < -0.4 is 4.90 Å². The number of hydrogen-bond acceptors (Lipinski definition) is 5. The van der Waals surface area contributed by atoms with Crippen LogP contribution >= 0.6 is 27.5 Å². The highest BCUT2D eigenvalue weighted by molar-refractivity contribution is 9.10. The number of imide groups is 1. The number of carbonyl (C=O) groups is 4. The Hall–Kier alpha value is -3.20. The third-order valence-electron chi connectivity index (χ3n) is 6.88. The van der Waals surface area contributed by atoms with Gasteiger partial charge in [-0.2, -0.15) is 0 Å². The van der Waals surface area contributed by atoms with Crippen molar-refractivity contribution >= 4 is 56.6 Å². The minimum absolute atomic E-state index is 0.136. The van der Waals surface area contributed by atoms with Crippen LogP contribution in [-0.2, 0) is 14.3 Å². The standard InChI is InChI=1S/C26H14BrClFNO5/c27-13-6-8-14(9-7-13)30-24(33)19-20(25(30)34)26(22(31)15-3-1-2-4-16(15)23(26)32)35-21(19)12-5-10-18(29)17(28)11-12/h1-11,19-21H/t19-,20+,21+/m1/s1. The zero-order valence-corrected chi connectivity index (χ0v) is 20.0. The predicted molar refractivity (Wildman–Crippen MR) is 127 cm³/mol. The lowest BCUT2D eigenvalue weighted by Gasteiger charge is -2.27. The van der Waals surface area contributed by atoms with Crippen molar-refractivity contribution in [2.75, 3.05) is 4.90 Å². The average molecular weight is 555 g/mol. The first kappa shape index (κ1) is 22.3. The van der Waals surface area contributed by atoms with Gasteiger partial charge in [0, 0.05) is 15.6 Å². The van der Waals surface area contributed by atoms with Gasteiger partial charge in [-0.15, -0.1) is 0 Å². The van der Waals surface area contributed by atoms with Crippen molar-refractivity contribution in [1.29, 1.82) is 0 Å². The van der Waals surface area contributed by atoms with E-state index in [0.717, 1.165) is 15.4 Å². The Labute approximate surface area is 211 Å². The van der Waals surface area contributed by atoms with Crippen LogP contribution in [0.25, 0.3) is 0 Å². The molecule has 6 nitrogen and oxygen atoms in total. The second-order valence-corrected chi connectivity index (χ2v) is 9.97. The van der Waals surface area contributed by atoms with E-state index in [1.165, 1.54) is 24.3 Å². The van der Waals surface area contributed by atoms with Crippen LogP contribution in [0.1, 0.15) is 32.4 Å². The number of amides is 2. The summed E-state index contributed by atoms with van der Waals surface area (Å²) in [7, 11) is 0. The molecule has 174 valence electrons. The smallest absolute Gasteiger partial charge is 0.241 e. The van der Waals surface area contributed by atoms with Gasteiger partial charge in [-0.25, -0.2) is 9.29 Å². The third-order valence-corrected chi connectivity index (χ3v) is 7.69. The minimum Gasteiger partial charge on any atom is -0.349 e. The molecule has 1 aliphatic carbocycles. The highest BCUT2D eigenvalue weighted by atomic mass is 79.9. The summed E-state index contributed by atoms with van der Waals surface area (Å²) in [6, 6.07) is 16.5. The number of hydrogen-bond donors (Lipinski definition) is 0. The second kappa shape index (κ2) is 7.65. The number of ether oxygens (including phenoxy) is 1. The van der Waals surface area contributed by atoms with E-state index < -0.39 is 52.7 Å². The van der Waals surface area contributed by atoms with Gasteiger partial charge in [-0.3, -0.25) is 19.2 Å². The molecule has 0 N–H and O–H groups in total. The molecule has 0 saturated carbocycles. The fourth-order valence-corrected chi connectivity index (χ4v) is 5.81. The lowest BCUT2D eigenvalue weighted by atomic mass is 9.77. The van der Waals surface area contributed by atoms with Crippen molar-refractivity contribution in [2.45, 2.75) is 11.7 Å². The van der Waals surface area contributed by atoms with Crippen LogP contribution in [0.15, 0.2) is 71.2 Å². The Morgan fingerprint density at radius 2 is 1.51 bits per heavy atom. The number of nitrogens with zero attached hydrogens (tertiary/aromatic N) is 1. The molecular formula is C26H14BrClFNO5. The van der Waals surface area contributed by atoms with Crippen LogP contribution in [0.3, 0.4) is 0 Å². The zero-order chi connectivity index (χ0) is 24.6. The van der Waals surface area contributed by atoms with E-state index >= 15 is 0 Å². The number of halogens is 3. The van der Waals surface area contributed by atoms with Crippen LogP contribution in [0, 0.1) is 17.7 Å². The predicted octanol–water partition coefficient (Wildman–Crippen LogP) is 4.94. The molecule has 2 heterocycles. The summed E-state index contributed by atoms with van der Waals surface area (Å²) in [5, 5.41) is -0.211. The summed E-state index contributed by atoms with van der Waals surface area (Å²) in [6.45, 7) is 0. The van der Waals surface area contributed by atoms with Gasteiger partial charge in [0.25, 0.3) is 0 Å². The molecular weight excluding hydrogens is 541 g/mol. The van der Waals surface area contributed by atoms with Gasteiger partial charge in [0.1, 0.15) is 5.82 Å². The number of carbonyl (C=O) groups excluding carboxylic acids is 4. The molecule has 0 aromatic heterocycles. The van der Waals surface area contributed by atoms with E-state index in [-0.39, 0.29) is 16.1 Å². The summed E-state index contributed by atoms with van der Waals surface area (Å²) in [4.78, 5) is 55.9. The van der Waals surface area contributed by atoms with Gasteiger partial charge in [0.2, 0.25) is 29.0 Å². The Kier molecular flexibility index (Phi) is 4.87. The third kappa shape index (κ3) is 2.90. The van der Waals surface area contributed by atoms with Gasteiger partial charge < -0.3 is 4.74 Å². The van der Waals surface area contributed by atoms with E-state index in [1.807, 2.05) is 0 Å². The SMILES string of the molecule is O=C1[C@@H]2[C@@H](C(=O)N1c1ccc(Br)cc1)C1(O[C@H]2c2ccc(F)c(Cl)c2)C(=O)c2ccccc2C1=O. The number of fused-ring (bicyclic) bond motifs is 3. The molecule has 3 aromatic carbocycles. The van der Waals surface area contributed by atoms with Crippen molar-refractivity contribution in [2.24, 2.45) is 11.8 Å². The lowest BCUT2D eigenvalue weighted by Crippen LogP contribution is -2.51. The first-order chi connectivity index (χ1) is 16.8. The molecule has 2 fully saturated rings. The summed E-state index contributed by atoms with van der Waals surface area (Å²) in [5.74, 6) is -5.89. The number of anilines is 1. The maximum Gasteiger partial charge on any atom is 0.241 e. The molecule has 6 rings (SSSR count). The summed E-state index contributed by atoms with van der Waals surface area (Å²) in [5.41, 5.74) is -1.33. The lowest BCUT2D eigenvalue weighted by molar-refractivity contribution is -0.127. The van der Waals surface area contributed by atoms with Crippen molar-refractivity contribution in [3.8, 4) is 0 Å². The van der Waals surface area contributed by atoms with Crippen molar-refractivity contribution in [1.82, 2.24) is 0 Å². The minimum atomic E-state index is -2.20. The van der Waals surface area contributed by atoms with Gasteiger partial charge in [0.15, 0.2) is 0 Å².